The van der Waals surface area contributed by atoms with Crippen molar-refractivity contribution in [1.29, 1.82) is 0 Å². The molecule has 0 aliphatic heterocycles. The third-order valence-electron chi connectivity index (χ3n) is 3.25. The van der Waals surface area contributed by atoms with Crippen LogP contribution in [0.15, 0.2) is 20.0 Å². The van der Waals surface area contributed by atoms with Crippen molar-refractivity contribution in [1.82, 2.24) is 5.32 Å². The minimum atomic E-state index is -3.35. The van der Waals surface area contributed by atoms with Crippen LogP contribution in [-0.4, -0.2) is 27.9 Å². The Morgan fingerprint density at radius 3 is 2.46 bits per heavy atom. The summed E-state index contributed by atoms with van der Waals surface area (Å²) in [6, 6.07) is 0.752. The molecular weight excluding hydrogens is 374 g/mol. The van der Waals surface area contributed by atoms with Crippen molar-refractivity contribution in [2.75, 3.05) is 0 Å². The van der Waals surface area contributed by atoms with Crippen molar-refractivity contribution in [2.45, 2.75) is 70.2 Å². The van der Waals surface area contributed by atoms with Crippen molar-refractivity contribution >= 4 is 33.3 Å². The summed E-state index contributed by atoms with van der Waals surface area (Å²) in [6.07, 6.45) is 0.386. The number of ether oxygens (including phenoxy) is 1. The summed E-state index contributed by atoms with van der Waals surface area (Å²) >= 11 is 1.21. The Hall–Kier alpha value is -1.45. The van der Waals surface area contributed by atoms with Crippen LogP contribution < -0.4 is 10.5 Å². The molecule has 148 valence electrons. The number of rotatable bonds is 6. The summed E-state index contributed by atoms with van der Waals surface area (Å²) in [6.45, 7) is 11.0. The number of thiophene rings is 1. The first kappa shape index (κ1) is 22.6. The quantitative estimate of drug-likeness (QED) is 0.757. The van der Waals surface area contributed by atoms with Gasteiger partial charge in [-0.2, -0.15) is 0 Å². The third kappa shape index (κ3) is 7.43. The lowest BCUT2D eigenvalue weighted by Crippen LogP contribution is -2.44. The predicted molar refractivity (Wildman–Crippen MR) is 104 cm³/mol. The topological polar surface area (TPSA) is 111 Å². The maximum Gasteiger partial charge on any atom is 0.408 e. The van der Waals surface area contributed by atoms with Gasteiger partial charge in [-0.05, 0) is 56.5 Å². The number of alkyl carbamates (subject to hydrolysis) is 1. The van der Waals surface area contributed by atoms with Crippen molar-refractivity contribution in [3.63, 3.8) is 0 Å². The van der Waals surface area contributed by atoms with E-state index in [0.717, 1.165) is 12.0 Å². The fraction of sp³-hybridized carbons (Fsp3) is 0.647. The Labute approximate surface area is 160 Å². The van der Waals surface area contributed by atoms with Gasteiger partial charge in [-0.3, -0.25) is 4.79 Å². The van der Waals surface area contributed by atoms with E-state index in [1.807, 2.05) is 26.2 Å². The Morgan fingerprint density at radius 1 is 1.38 bits per heavy atom. The minimum absolute atomic E-state index is 0.108. The second-order valence-electron chi connectivity index (χ2n) is 7.45. The zero-order valence-electron chi connectivity index (χ0n) is 16.2. The van der Waals surface area contributed by atoms with Gasteiger partial charge in [0.1, 0.15) is 15.9 Å². The minimum Gasteiger partial charge on any atom is -0.444 e. The normalized spacial score (nSPS) is 15.2. The highest BCUT2D eigenvalue weighted by Crippen LogP contribution is 2.21. The van der Waals surface area contributed by atoms with Crippen LogP contribution in [-0.2, 0) is 25.9 Å². The van der Waals surface area contributed by atoms with E-state index >= 15 is 0 Å². The third-order valence-corrected chi connectivity index (χ3v) is 6.17. The Balaban J connectivity index is 3.04. The summed E-state index contributed by atoms with van der Waals surface area (Å²) in [7, 11) is -3.35. The molecule has 26 heavy (non-hydrogen) atoms. The average Bonchev–Trinajstić information content (AvgIpc) is 2.93. The van der Waals surface area contributed by atoms with Gasteiger partial charge in [-0.15, -0.1) is 15.7 Å². The first-order chi connectivity index (χ1) is 11.8. The van der Waals surface area contributed by atoms with E-state index in [-0.39, 0.29) is 5.92 Å². The lowest BCUT2D eigenvalue weighted by molar-refractivity contribution is -0.120. The van der Waals surface area contributed by atoms with Crippen LogP contribution in [0, 0.1) is 5.92 Å². The molecule has 7 nitrogen and oxygen atoms in total. The zero-order valence-corrected chi connectivity index (χ0v) is 17.8. The molecule has 1 unspecified atom stereocenters. The van der Waals surface area contributed by atoms with E-state index in [9.17, 15) is 13.8 Å². The Morgan fingerprint density at radius 2 is 2.00 bits per heavy atom. The number of nitrogens with two attached hydrogens (primary N) is 1. The van der Waals surface area contributed by atoms with Crippen LogP contribution in [0.25, 0.3) is 0 Å². The number of carbonyl (C=O) groups excluding carboxylic acids is 2. The zero-order chi connectivity index (χ0) is 20.1. The molecule has 0 spiro atoms. The maximum absolute atomic E-state index is 12.7. The summed E-state index contributed by atoms with van der Waals surface area (Å²) in [4.78, 5) is 24.6. The molecule has 0 aliphatic rings. The lowest BCUT2D eigenvalue weighted by atomic mass is 10.0. The van der Waals surface area contributed by atoms with E-state index < -0.39 is 33.6 Å². The van der Waals surface area contributed by atoms with E-state index in [2.05, 4.69) is 9.68 Å². The first-order valence-corrected chi connectivity index (χ1v) is 11.0. The van der Waals surface area contributed by atoms with Crippen molar-refractivity contribution in [3.05, 3.63) is 17.0 Å². The number of aryl methyl sites for hydroxylation is 1. The molecule has 0 aromatic carbocycles. The number of amides is 2. The Kier molecular flexibility index (Phi) is 7.79. The SMILES string of the molecule is CCc1csc(S(N)(=O)=NC(=O)[C@H](CC(C)C)NC(=O)OC(C)(C)C)c1. The van der Waals surface area contributed by atoms with E-state index in [0.29, 0.717) is 10.6 Å². The Bertz CT molecular complexity index is 756. The van der Waals surface area contributed by atoms with E-state index in [1.54, 1.807) is 26.8 Å². The molecule has 0 aliphatic carbocycles. The van der Waals surface area contributed by atoms with E-state index in [4.69, 9.17) is 9.88 Å². The summed E-state index contributed by atoms with van der Waals surface area (Å²) in [5, 5.41) is 10.2. The van der Waals surface area contributed by atoms with Crippen molar-refractivity contribution in [2.24, 2.45) is 15.4 Å². The average molecular weight is 404 g/mol. The molecule has 1 rings (SSSR count). The molecule has 0 saturated carbocycles. The van der Waals surface area contributed by atoms with Crippen molar-refractivity contribution < 1.29 is 18.5 Å². The largest absolute Gasteiger partial charge is 0.444 e. The second kappa shape index (κ2) is 8.96. The molecule has 0 bridgehead atoms. The molecule has 0 radical (unpaired) electrons. The highest BCUT2D eigenvalue weighted by Gasteiger charge is 2.26. The van der Waals surface area contributed by atoms with Crippen molar-refractivity contribution in [3.8, 4) is 0 Å². The maximum atomic E-state index is 12.7. The molecule has 1 aromatic rings. The summed E-state index contributed by atoms with van der Waals surface area (Å²) in [5.41, 5.74) is 0.290. The molecular formula is C17H29N3O4S2. The summed E-state index contributed by atoms with van der Waals surface area (Å²) in [5.74, 6) is -0.611. The van der Waals surface area contributed by atoms with Gasteiger partial charge in [-0.1, -0.05) is 20.8 Å². The molecule has 1 aromatic heterocycles. The molecule has 3 N–H and O–H groups in total. The van der Waals surface area contributed by atoms with Gasteiger partial charge >= 0.3 is 6.09 Å². The molecule has 1 heterocycles. The van der Waals surface area contributed by atoms with Crippen LogP contribution in [0.2, 0.25) is 0 Å². The highest BCUT2D eigenvalue weighted by molar-refractivity contribution is 7.93. The van der Waals surface area contributed by atoms with Crippen LogP contribution in [0.3, 0.4) is 0 Å². The van der Waals surface area contributed by atoms with Gasteiger partial charge in [-0.25, -0.2) is 14.1 Å². The van der Waals surface area contributed by atoms with Gasteiger partial charge in [0, 0.05) is 0 Å². The van der Waals surface area contributed by atoms with Gasteiger partial charge < -0.3 is 10.1 Å². The van der Waals surface area contributed by atoms with Crippen LogP contribution >= 0.6 is 11.3 Å². The lowest BCUT2D eigenvalue weighted by Gasteiger charge is -2.23. The summed E-state index contributed by atoms with van der Waals surface area (Å²) < 4.78 is 22.0. The molecule has 0 saturated heterocycles. The molecule has 9 heteroatoms. The first-order valence-electron chi connectivity index (χ1n) is 8.49. The predicted octanol–water partition coefficient (Wildman–Crippen LogP) is 3.48. The van der Waals surface area contributed by atoms with Crippen LogP contribution in [0.1, 0.15) is 53.5 Å². The number of hydrogen-bond donors (Lipinski definition) is 2. The standard InChI is InChI=1S/C17H29N3O4S2/c1-7-12-9-14(25-10-12)26(18,23)20-15(21)13(8-11(2)3)19-16(22)24-17(4,5)6/h9-11,13H,7-8H2,1-6H3,(H,19,22)(H2,18,20,21,23)/t13-,26?/m0/s1. The number of nitrogens with zero attached hydrogens (tertiary/aromatic N) is 1. The van der Waals surface area contributed by atoms with Crippen LogP contribution in [0.4, 0.5) is 4.79 Å². The fourth-order valence-corrected chi connectivity index (χ4v) is 4.41. The van der Waals surface area contributed by atoms with E-state index in [1.165, 1.54) is 11.3 Å². The van der Waals surface area contributed by atoms with Crippen LogP contribution in [0.5, 0.6) is 0 Å². The number of hydrogen-bond acceptors (Lipinski definition) is 5. The number of nitrogens with one attached hydrogen (secondary N) is 1. The fourth-order valence-electron chi connectivity index (χ4n) is 2.08. The van der Waals surface area contributed by atoms with Gasteiger partial charge in [0.15, 0.2) is 9.92 Å². The van der Waals surface area contributed by atoms with Gasteiger partial charge in [0.05, 0.1) is 0 Å². The number of carbonyl (C=O) groups is 2. The smallest absolute Gasteiger partial charge is 0.408 e. The van der Waals surface area contributed by atoms with Gasteiger partial charge in [0.25, 0.3) is 5.91 Å². The molecule has 2 atom stereocenters. The second-order valence-corrected chi connectivity index (χ2v) is 10.4. The monoisotopic (exact) mass is 403 g/mol. The molecule has 2 amide bonds. The van der Waals surface area contributed by atoms with Gasteiger partial charge in [0.2, 0.25) is 0 Å². The molecule has 0 fully saturated rings. The highest BCUT2D eigenvalue weighted by atomic mass is 32.2.